The molecule has 0 rings (SSSR count). The van der Waals surface area contributed by atoms with Gasteiger partial charge in [0.1, 0.15) is 0 Å². The molecule has 0 N–H and O–H groups in total. The molecule has 6 heteroatoms. The molecule has 0 unspecified atom stereocenters. The largest absolute Gasteiger partial charge is 0.550 e. The van der Waals surface area contributed by atoms with Crippen LogP contribution in [0.4, 0.5) is 0 Å². The van der Waals surface area contributed by atoms with E-state index < -0.39 is 17.7 Å². The molecule has 0 spiro atoms. The summed E-state index contributed by atoms with van der Waals surface area (Å²) >= 11 is 0. The molecule has 0 saturated heterocycles. The lowest BCUT2D eigenvalue weighted by Gasteiger charge is -2.27. The zero-order valence-electron chi connectivity index (χ0n) is 11.2. The molecule has 0 bridgehead atoms. The Hall–Kier alpha value is -1.14. The molecule has 0 amide bonds. The van der Waals surface area contributed by atoms with E-state index in [0.717, 1.165) is 12.8 Å². The molecule has 106 valence electrons. The topological polar surface area (TPSA) is 84.9 Å². The van der Waals surface area contributed by atoms with Gasteiger partial charge in [-0.3, -0.25) is 0 Å². The van der Waals surface area contributed by atoms with E-state index in [4.69, 9.17) is 9.47 Å². The number of methoxy groups -OCH3 is 3. The molecule has 0 aromatic rings. The molecule has 18 heavy (non-hydrogen) atoms. The number of hydrogen-bond donors (Lipinski definition) is 0. The van der Waals surface area contributed by atoms with Crippen molar-refractivity contribution in [3.63, 3.8) is 0 Å². The average molecular weight is 261 g/mol. The molecule has 0 fully saturated rings. The molecule has 6 nitrogen and oxygen atoms in total. The van der Waals surface area contributed by atoms with E-state index >= 15 is 0 Å². The van der Waals surface area contributed by atoms with Gasteiger partial charge in [-0.15, -0.1) is 0 Å². The summed E-state index contributed by atoms with van der Waals surface area (Å²) in [6.07, 6.45) is 3.25. The van der Waals surface area contributed by atoms with E-state index in [1.165, 1.54) is 21.3 Å². The molecule has 0 atom stereocenters. The SMILES string of the molecule is COC(=O)C(CCCCCCC(=O)[O-])(OC)OC. The number of ether oxygens (including phenoxy) is 3. The Morgan fingerprint density at radius 3 is 2.00 bits per heavy atom. The van der Waals surface area contributed by atoms with Crippen LogP contribution in [0.25, 0.3) is 0 Å². The highest BCUT2D eigenvalue weighted by molar-refractivity contribution is 5.77. The van der Waals surface area contributed by atoms with Crippen LogP contribution in [0.1, 0.15) is 38.5 Å². The third-order valence-electron chi connectivity index (χ3n) is 2.79. The van der Waals surface area contributed by atoms with Crippen LogP contribution in [0.2, 0.25) is 0 Å². The van der Waals surface area contributed by atoms with Crippen molar-refractivity contribution in [2.45, 2.75) is 44.3 Å². The second kappa shape index (κ2) is 8.88. The van der Waals surface area contributed by atoms with Crippen molar-refractivity contribution in [3.8, 4) is 0 Å². The van der Waals surface area contributed by atoms with Crippen molar-refractivity contribution >= 4 is 11.9 Å². The monoisotopic (exact) mass is 261 g/mol. The van der Waals surface area contributed by atoms with Crippen LogP contribution in [0.15, 0.2) is 0 Å². The summed E-state index contributed by atoms with van der Waals surface area (Å²) < 4.78 is 14.8. The highest BCUT2D eigenvalue weighted by Crippen LogP contribution is 2.22. The fourth-order valence-electron chi connectivity index (χ4n) is 1.69. The minimum absolute atomic E-state index is 0.0662. The van der Waals surface area contributed by atoms with Gasteiger partial charge in [-0.05, 0) is 19.3 Å². The Morgan fingerprint density at radius 2 is 1.56 bits per heavy atom. The van der Waals surface area contributed by atoms with Crippen LogP contribution >= 0.6 is 0 Å². The number of esters is 1. The van der Waals surface area contributed by atoms with E-state index in [-0.39, 0.29) is 6.42 Å². The number of carbonyl (C=O) groups excluding carboxylic acids is 2. The summed E-state index contributed by atoms with van der Waals surface area (Å²) in [5, 5.41) is 10.2. The van der Waals surface area contributed by atoms with Gasteiger partial charge in [0, 0.05) is 26.6 Å². The number of rotatable bonds is 10. The standard InChI is InChI=1S/C12H22O6/c1-16-11(15)12(17-2,18-3)9-7-5-4-6-8-10(13)14/h4-9H2,1-3H3,(H,13,14)/p-1. The smallest absolute Gasteiger partial charge is 0.366 e. The molecule has 0 heterocycles. The molecule has 0 aliphatic heterocycles. The maximum absolute atomic E-state index is 11.5. The first kappa shape index (κ1) is 16.9. The maximum Gasteiger partial charge on any atom is 0.366 e. The normalized spacial score (nSPS) is 11.3. The Labute approximate surface area is 107 Å². The Balaban J connectivity index is 3.98. The Bertz CT molecular complexity index is 259. The minimum Gasteiger partial charge on any atom is -0.550 e. The van der Waals surface area contributed by atoms with E-state index in [2.05, 4.69) is 4.74 Å². The zero-order valence-corrected chi connectivity index (χ0v) is 11.2. The summed E-state index contributed by atoms with van der Waals surface area (Å²) in [7, 11) is 4.04. The first-order chi connectivity index (χ1) is 8.52. The van der Waals surface area contributed by atoms with Gasteiger partial charge in [0.15, 0.2) is 0 Å². The third kappa shape index (κ3) is 5.46. The summed E-state index contributed by atoms with van der Waals surface area (Å²) in [6, 6.07) is 0. The number of carboxylic acid groups (broad SMARTS) is 1. The lowest BCUT2D eigenvalue weighted by molar-refractivity contribution is -0.305. The van der Waals surface area contributed by atoms with E-state index in [1.54, 1.807) is 0 Å². The molecular formula is C12H21O6-. The first-order valence-electron chi connectivity index (χ1n) is 5.91. The lowest BCUT2D eigenvalue weighted by atomic mass is 10.1. The second-order valence-electron chi connectivity index (χ2n) is 3.94. The molecule has 0 saturated carbocycles. The van der Waals surface area contributed by atoms with Crippen LogP contribution in [0, 0.1) is 0 Å². The zero-order chi connectivity index (χ0) is 14.0. The highest BCUT2D eigenvalue weighted by Gasteiger charge is 2.39. The van der Waals surface area contributed by atoms with Crippen molar-refractivity contribution in [3.05, 3.63) is 0 Å². The van der Waals surface area contributed by atoms with Crippen molar-refractivity contribution in [2.24, 2.45) is 0 Å². The van der Waals surface area contributed by atoms with Gasteiger partial charge in [0.2, 0.25) is 0 Å². The Morgan fingerprint density at radius 1 is 1.00 bits per heavy atom. The fourth-order valence-corrected chi connectivity index (χ4v) is 1.69. The van der Waals surface area contributed by atoms with E-state index in [1.807, 2.05) is 0 Å². The number of carboxylic acids is 1. The average Bonchev–Trinajstić information content (AvgIpc) is 2.37. The number of hydrogen-bond acceptors (Lipinski definition) is 6. The van der Waals surface area contributed by atoms with Gasteiger partial charge in [-0.25, -0.2) is 4.79 Å². The summed E-state index contributed by atoms with van der Waals surface area (Å²) in [4.78, 5) is 21.7. The molecule has 0 aromatic carbocycles. The predicted molar refractivity (Wildman–Crippen MR) is 61.5 cm³/mol. The van der Waals surface area contributed by atoms with Gasteiger partial charge >= 0.3 is 5.97 Å². The van der Waals surface area contributed by atoms with Crippen LogP contribution in [0.5, 0.6) is 0 Å². The van der Waals surface area contributed by atoms with Crippen LogP contribution in [-0.4, -0.2) is 39.1 Å². The van der Waals surface area contributed by atoms with Crippen LogP contribution < -0.4 is 5.11 Å². The van der Waals surface area contributed by atoms with Crippen LogP contribution in [0.3, 0.4) is 0 Å². The fraction of sp³-hybridized carbons (Fsp3) is 0.833. The Kier molecular flexibility index (Phi) is 8.32. The summed E-state index contributed by atoms with van der Waals surface area (Å²) in [5.74, 6) is -2.96. The van der Waals surface area contributed by atoms with E-state index in [9.17, 15) is 14.7 Å². The van der Waals surface area contributed by atoms with Crippen molar-refractivity contribution in [2.75, 3.05) is 21.3 Å². The van der Waals surface area contributed by atoms with Gasteiger partial charge < -0.3 is 24.1 Å². The molecule has 0 aliphatic carbocycles. The number of aliphatic carboxylic acids is 1. The maximum atomic E-state index is 11.5. The van der Waals surface area contributed by atoms with Gasteiger partial charge in [0.05, 0.1) is 7.11 Å². The van der Waals surface area contributed by atoms with Crippen molar-refractivity contribution < 1.29 is 28.9 Å². The first-order valence-corrected chi connectivity index (χ1v) is 5.91. The van der Waals surface area contributed by atoms with E-state index in [0.29, 0.717) is 19.3 Å². The second-order valence-corrected chi connectivity index (χ2v) is 3.94. The minimum atomic E-state index is -1.36. The molecule has 0 aromatic heterocycles. The van der Waals surface area contributed by atoms with Gasteiger partial charge in [0.25, 0.3) is 5.79 Å². The molecule has 0 radical (unpaired) electrons. The summed E-state index contributed by atoms with van der Waals surface area (Å²) in [6.45, 7) is 0. The third-order valence-corrected chi connectivity index (χ3v) is 2.79. The van der Waals surface area contributed by atoms with Gasteiger partial charge in [-0.2, -0.15) is 0 Å². The lowest BCUT2D eigenvalue weighted by Crippen LogP contribution is -2.43. The number of unbranched alkanes of at least 4 members (excludes halogenated alkanes) is 3. The molecular weight excluding hydrogens is 240 g/mol. The van der Waals surface area contributed by atoms with Crippen molar-refractivity contribution in [1.29, 1.82) is 0 Å². The molecule has 0 aliphatic rings. The predicted octanol–water partition coefficient (Wildman–Crippen LogP) is 0.239. The van der Waals surface area contributed by atoms with Gasteiger partial charge in [-0.1, -0.05) is 12.8 Å². The number of carbonyl (C=O) groups is 2. The highest BCUT2D eigenvalue weighted by atomic mass is 16.7. The van der Waals surface area contributed by atoms with Crippen LogP contribution in [-0.2, 0) is 23.8 Å². The summed E-state index contributed by atoms with van der Waals surface area (Å²) in [5.41, 5.74) is 0. The quantitative estimate of drug-likeness (QED) is 0.318. The van der Waals surface area contributed by atoms with Crippen molar-refractivity contribution in [1.82, 2.24) is 0 Å².